The first kappa shape index (κ1) is 12.9. The molecule has 3 nitrogen and oxygen atoms in total. The fraction of sp³-hybridized carbons (Fsp3) is 0.417. The summed E-state index contributed by atoms with van der Waals surface area (Å²) in [7, 11) is 0. The minimum atomic E-state index is -0.792. The zero-order valence-electron chi connectivity index (χ0n) is 9.47. The summed E-state index contributed by atoms with van der Waals surface area (Å²) in [5.41, 5.74) is 5.90. The van der Waals surface area contributed by atoms with Crippen molar-refractivity contribution in [3.63, 3.8) is 0 Å². The van der Waals surface area contributed by atoms with Gasteiger partial charge >= 0.3 is 0 Å². The van der Waals surface area contributed by atoms with Gasteiger partial charge < -0.3 is 11.1 Å². The number of benzene rings is 1. The normalized spacial score (nSPS) is 18.6. The minimum Gasteiger partial charge on any atom is -0.324 e. The fourth-order valence-corrected chi connectivity index (χ4v) is 2.14. The zero-order valence-corrected chi connectivity index (χ0v) is 11.8. The second kappa shape index (κ2) is 4.59. The first-order valence-corrected chi connectivity index (χ1v) is 6.63. The lowest BCUT2D eigenvalue weighted by Crippen LogP contribution is -2.50. The predicted molar refractivity (Wildman–Crippen MR) is 73.1 cm³/mol. The number of amides is 1. The van der Waals surface area contributed by atoms with Crippen LogP contribution in [0.15, 0.2) is 22.7 Å². The number of carbonyl (C=O) groups is 1. The SMILES string of the molecule is CC(N)(C(=O)Nc1ccc(Br)c(Cl)c1)C1CC1. The Labute approximate surface area is 114 Å². The van der Waals surface area contributed by atoms with Gasteiger partial charge in [0.25, 0.3) is 0 Å². The predicted octanol–water partition coefficient (Wildman–Crippen LogP) is 3.17. The molecule has 1 fully saturated rings. The van der Waals surface area contributed by atoms with Crippen LogP contribution < -0.4 is 11.1 Å². The van der Waals surface area contributed by atoms with Crippen molar-refractivity contribution in [3.8, 4) is 0 Å². The molecular formula is C12H14BrClN2O. The molecule has 1 aromatic carbocycles. The molecule has 0 aliphatic heterocycles. The molecule has 0 bridgehead atoms. The maximum atomic E-state index is 12.0. The smallest absolute Gasteiger partial charge is 0.244 e. The Morgan fingerprint density at radius 2 is 2.24 bits per heavy atom. The van der Waals surface area contributed by atoms with Gasteiger partial charge in [-0.1, -0.05) is 11.6 Å². The molecule has 0 heterocycles. The van der Waals surface area contributed by atoms with Crippen molar-refractivity contribution in [2.75, 3.05) is 5.32 Å². The Morgan fingerprint density at radius 1 is 1.59 bits per heavy atom. The highest BCUT2D eigenvalue weighted by atomic mass is 79.9. The maximum Gasteiger partial charge on any atom is 0.244 e. The van der Waals surface area contributed by atoms with E-state index in [1.165, 1.54) is 0 Å². The van der Waals surface area contributed by atoms with Crippen LogP contribution in [-0.4, -0.2) is 11.4 Å². The van der Waals surface area contributed by atoms with Crippen LogP contribution in [0.25, 0.3) is 0 Å². The molecule has 0 spiro atoms. The first-order chi connectivity index (χ1) is 7.91. The minimum absolute atomic E-state index is 0.154. The van der Waals surface area contributed by atoms with E-state index < -0.39 is 5.54 Å². The molecule has 1 amide bonds. The van der Waals surface area contributed by atoms with Gasteiger partial charge in [0, 0.05) is 10.2 Å². The van der Waals surface area contributed by atoms with Crippen LogP contribution in [0, 0.1) is 5.92 Å². The van der Waals surface area contributed by atoms with Gasteiger partial charge in [0.1, 0.15) is 0 Å². The molecular weight excluding hydrogens is 304 g/mol. The van der Waals surface area contributed by atoms with Gasteiger partial charge in [-0.2, -0.15) is 0 Å². The summed E-state index contributed by atoms with van der Waals surface area (Å²) in [6, 6.07) is 5.28. The van der Waals surface area contributed by atoms with Crippen LogP contribution in [0.5, 0.6) is 0 Å². The highest BCUT2D eigenvalue weighted by Gasteiger charge is 2.44. The molecule has 1 atom stereocenters. The number of carbonyl (C=O) groups excluding carboxylic acids is 1. The van der Waals surface area contributed by atoms with E-state index in [0.29, 0.717) is 16.6 Å². The molecule has 1 aromatic rings. The summed E-state index contributed by atoms with van der Waals surface area (Å²) >= 11 is 9.26. The molecule has 1 unspecified atom stereocenters. The molecule has 0 saturated heterocycles. The van der Waals surface area contributed by atoms with Crippen LogP contribution in [0.3, 0.4) is 0 Å². The molecule has 0 radical (unpaired) electrons. The number of rotatable bonds is 3. The average Bonchev–Trinajstić information content (AvgIpc) is 3.07. The molecule has 5 heteroatoms. The van der Waals surface area contributed by atoms with Gasteiger partial charge in [-0.25, -0.2) is 0 Å². The molecule has 17 heavy (non-hydrogen) atoms. The number of halogens is 2. The second-order valence-electron chi connectivity index (χ2n) is 4.64. The van der Waals surface area contributed by atoms with Gasteiger partial charge in [0.05, 0.1) is 10.6 Å². The van der Waals surface area contributed by atoms with Crippen molar-refractivity contribution in [1.29, 1.82) is 0 Å². The van der Waals surface area contributed by atoms with Crippen molar-refractivity contribution in [1.82, 2.24) is 0 Å². The van der Waals surface area contributed by atoms with Crippen LogP contribution in [0.4, 0.5) is 5.69 Å². The van der Waals surface area contributed by atoms with E-state index >= 15 is 0 Å². The Balaban J connectivity index is 2.10. The second-order valence-corrected chi connectivity index (χ2v) is 5.90. The van der Waals surface area contributed by atoms with E-state index in [4.69, 9.17) is 17.3 Å². The van der Waals surface area contributed by atoms with Crippen molar-refractivity contribution in [2.45, 2.75) is 25.3 Å². The Bertz CT molecular complexity index is 458. The molecule has 0 aromatic heterocycles. The third-order valence-electron chi connectivity index (χ3n) is 3.09. The lowest BCUT2D eigenvalue weighted by molar-refractivity contribution is -0.121. The topological polar surface area (TPSA) is 55.1 Å². The number of hydrogen-bond acceptors (Lipinski definition) is 2. The van der Waals surface area contributed by atoms with Crippen LogP contribution in [0.2, 0.25) is 5.02 Å². The molecule has 1 aliphatic rings. The highest BCUT2D eigenvalue weighted by molar-refractivity contribution is 9.10. The van der Waals surface area contributed by atoms with E-state index in [9.17, 15) is 4.79 Å². The fourth-order valence-electron chi connectivity index (χ4n) is 1.71. The summed E-state index contributed by atoms with van der Waals surface area (Å²) in [6.07, 6.45) is 2.06. The Hall–Kier alpha value is -0.580. The largest absolute Gasteiger partial charge is 0.324 e. The quantitative estimate of drug-likeness (QED) is 0.899. The number of hydrogen-bond donors (Lipinski definition) is 2. The van der Waals surface area contributed by atoms with Gasteiger partial charge in [0.2, 0.25) is 5.91 Å². The summed E-state index contributed by atoms with van der Waals surface area (Å²) in [4.78, 5) is 12.0. The van der Waals surface area contributed by atoms with E-state index in [1.54, 1.807) is 25.1 Å². The van der Waals surface area contributed by atoms with Crippen molar-refractivity contribution in [3.05, 3.63) is 27.7 Å². The maximum absolute atomic E-state index is 12.0. The monoisotopic (exact) mass is 316 g/mol. The average molecular weight is 318 g/mol. The summed E-state index contributed by atoms with van der Waals surface area (Å²) < 4.78 is 0.801. The molecule has 3 N–H and O–H groups in total. The van der Waals surface area contributed by atoms with E-state index in [0.717, 1.165) is 17.3 Å². The molecule has 92 valence electrons. The third-order valence-corrected chi connectivity index (χ3v) is 4.32. The van der Waals surface area contributed by atoms with Crippen molar-refractivity contribution < 1.29 is 4.79 Å². The molecule has 1 aliphatic carbocycles. The Morgan fingerprint density at radius 3 is 2.76 bits per heavy atom. The lowest BCUT2D eigenvalue weighted by atomic mass is 9.96. The zero-order chi connectivity index (χ0) is 12.6. The molecule has 1 saturated carbocycles. The van der Waals surface area contributed by atoms with Gasteiger partial charge in [-0.3, -0.25) is 4.79 Å². The van der Waals surface area contributed by atoms with Crippen LogP contribution in [0.1, 0.15) is 19.8 Å². The van der Waals surface area contributed by atoms with Gasteiger partial charge in [-0.05, 0) is 59.8 Å². The lowest BCUT2D eigenvalue weighted by Gasteiger charge is -2.23. The van der Waals surface area contributed by atoms with Crippen LogP contribution >= 0.6 is 27.5 Å². The summed E-state index contributed by atoms with van der Waals surface area (Å²) in [6.45, 7) is 1.78. The number of anilines is 1. The standard InChI is InChI=1S/C12H14BrClN2O/c1-12(15,7-2-3-7)11(17)16-8-4-5-9(13)10(14)6-8/h4-7H,2-3,15H2,1H3,(H,16,17). The van der Waals surface area contributed by atoms with Crippen molar-refractivity contribution in [2.24, 2.45) is 11.7 Å². The van der Waals surface area contributed by atoms with Crippen molar-refractivity contribution >= 4 is 39.1 Å². The van der Waals surface area contributed by atoms with Gasteiger partial charge in [-0.15, -0.1) is 0 Å². The van der Waals surface area contributed by atoms with E-state index in [-0.39, 0.29) is 5.91 Å². The van der Waals surface area contributed by atoms with Crippen LogP contribution in [-0.2, 0) is 4.79 Å². The third kappa shape index (κ3) is 2.81. The highest BCUT2D eigenvalue weighted by Crippen LogP contribution is 2.38. The van der Waals surface area contributed by atoms with Gasteiger partial charge in [0.15, 0.2) is 0 Å². The number of nitrogens with two attached hydrogens (primary N) is 1. The Kier molecular flexibility index (Phi) is 3.48. The summed E-state index contributed by atoms with van der Waals surface area (Å²) in [5, 5.41) is 3.37. The first-order valence-electron chi connectivity index (χ1n) is 5.46. The van der Waals surface area contributed by atoms with E-state index in [2.05, 4.69) is 21.2 Å². The number of nitrogens with one attached hydrogen (secondary N) is 1. The molecule has 2 rings (SSSR count). The summed E-state index contributed by atoms with van der Waals surface area (Å²) in [5.74, 6) is 0.145. The van der Waals surface area contributed by atoms with E-state index in [1.807, 2.05) is 0 Å².